The maximum atomic E-state index is 5.69. The zero-order valence-corrected chi connectivity index (χ0v) is 9.84. The third kappa shape index (κ3) is 3.58. The van der Waals surface area contributed by atoms with Crippen LogP contribution in [0.4, 0.5) is 0 Å². The van der Waals surface area contributed by atoms with Crippen molar-refractivity contribution in [1.82, 2.24) is 4.90 Å². The van der Waals surface area contributed by atoms with Gasteiger partial charge in [0.1, 0.15) is 0 Å². The van der Waals surface area contributed by atoms with E-state index in [1.807, 2.05) is 0 Å². The number of rotatable bonds is 5. The molecule has 1 saturated heterocycles. The maximum Gasteiger partial charge on any atom is 0.00669 e. The summed E-state index contributed by atoms with van der Waals surface area (Å²) in [6.45, 7) is 8.07. The highest BCUT2D eigenvalue weighted by atomic mass is 15.2. The standard InChI is InChI=1S/C12H26N2/c1-3-4-5-11(2)14-8-6-12(10-13)7-9-14/h11-12H,3-10,13H2,1-2H3. The van der Waals surface area contributed by atoms with Crippen molar-refractivity contribution in [2.45, 2.75) is 52.0 Å². The van der Waals surface area contributed by atoms with Crippen molar-refractivity contribution in [1.29, 1.82) is 0 Å². The molecule has 84 valence electrons. The predicted octanol–water partition coefficient (Wildman–Crippen LogP) is 2.24. The summed E-state index contributed by atoms with van der Waals surface area (Å²) in [6.07, 6.45) is 6.69. The van der Waals surface area contributed by atoms with Crippen LogP contribution in [-0.4, -0.2) is 30.6 Å². The van der Waals surface area contributed by atoms with Gasteiger partial charge >= 0.3 is 0 Å². The zero-order valence-electron chi connectivity index (χ0n) is 9.84. The third-order valence-electron chi connectivity index (χ3n) is 3.58. The zero-order chi connectivity index (χ0) is 10.4. The van der Waals surface area contributed by atoms with Crippen LogP contribution in [0.3, 0.4) is 0 Å². The molecule has 0 aromatic carbocycles. The monoisotopic (exact) mass is 198 g/mol. The first-order valence-electron chi connectivity index (χ1n) is 6.22. The van der Waals surface area contributed by atoms with Crippen molar-refractivity contribution in [3.63, 3.8) is 0 Å². The quantitative estimate of drug-likeness (QED) is 0.734. The molecule has 2 heteroatoms. The highest BCUT2D eigenvalue weighted by Gasteiger charge is 2.21. The molecule has 2 N–H and O–H groups in total. The average Bonchev–Trinajstić information content (AvgIpc) is 2.26. The summed E-state index contributed by atoms with van der Waals surface area (Å²) in [6, 6.07) is 0.786. The predicted molar refractivity (Wildman–Crippen MR) is 62.3 cm³/mol. The minimum absolute atomic E-state index is 0.786. The van der Waals surface area contributed by atoms with Crippen LogP contribution in [0.2, 0.25) is 0 Å². The van der Waals surface area contributed by atoms with Gasteiger partial charge in [-0.2, -0.15) is 0 Å². The van der Waals surface area contributed by atoms with Gasteiger partial charge in [-0.3, -0.25) is 0 Å². The summed E-state index contributed by atoms with van der Waals surface area (Å²) in [5.74, 6) is 0.796. The molecule has 1 rings (SSSR count). The number of hydrogen-bond donors (Lipinski definition) is 1. The van der Waals surface area contributed by atoms with Gasteiger partial charge in [0.15, 0.2) is 0 Å². The van der Waals surface area contributed by atoms with E-state index in [-0.39, 0.29) is 0 Å². The summed E-state index contributed by atoms with van der Waals surface area (Å²) in [5, 5.41) is 0. The molecular formula is C12H26N2. The molecule has 1 heterocycles. The summed E-state index contributed by atoms with van der Waals surface area (Å²) in [7, 11) is 0. The molecule has 0 bridgehead atoms. The summed E-state index contributed by atoms with van der Waals surface area (Å²) in [5.41, 5.74) is 5.69. The Bertz CT molecular complexity index is 139. The smallest absolute Gasteiger partial charge is 0.00669 e. The van der Waals surface area contributed by atoms with Gasteiger partial charge in [0.25, 0.3) is 0 Å². The largest absolute Gasteiger partial charge is 0.330 e. The number of piperidine rings is 1. The van der Waals surface area contributed by atoms with Crippen LogP contribution in [0, 0.1) is 5.92 Å². The molecule has 0 radical (unpaired) electrons. The van der Waals surface area contributed by atoms with Crippen molar-refractivity contribution < 1.29 is 0 Å². The van der Waals surface area contributed by atoms with E-state index >= 15 is 0 Å². The number of hydrogen-bond acceptors (Lipinski definition) is 2. The average molecular weight is 198 g/mol. The van der Waals surface area contributed by atoms with Crippen molar-refractivity contribution in [2.24, 2.45) is 11.7 Å². The van der Waals surface area contributed by atoms with Gasteiger partial charge in [-0.15, -0.1) is 0 Å². The number of nitrogens with zero attached hydrogens (tertiary/aromatic N) is 1. The Labute approximate surface area is 88.8 Å². The lowest BCUT2D eigenvalue weighted by atomic mass is 9.95. The van der Waals surface area contributed by atoms with E-state index < -0.39 is 0 Å². The Morgan fingerprint density at radius 3 is 2.50 bits per heavy atom. The molecule has 2 nitrogen and oxygen atoms in total. The van der Waals surface area contributed by atoms with E-state index in [0.717, 1.165) is 18.5 Å². The first-order chi connectivity index (χ1) is 6.77. The molecule has 0 aromatic rings. The van der Waals surface area contributed by atoms with Crippen LogP contribution in [-0.2, 0) is 0 Å². The van der Waals surface area contributed by atoms with E-state index in [4.69, 9.17) is 5.73 Å². The molecule has 14 heavy (non-hydrogen) atoms. The molecule has 0 saturated carbocycles. The Kier molecular flexibility index (Phi) is 5.49. The number of likely N-dealkylation sites (tertiary alicyclic amines) is 1. The SMILES string of the molecule is CCCCC(C)N1CCC(CN)CC1. The second kappa shape index (κ2) is 6.41. The maximum absolute atomic E-state index is 5.69. The van der Waals surface area contributed by atoms with Gasteiger partial charge in [0, 0.05) is 6.04 Å². The van der Waals surface area contributed by atoms with Crippen molar-refractivity contribution in [2.75, 3.05) is 19.6 Å². The molecule has 1 aliphatic heterocycles. The molecule has 0 spiro atoms. The normalized spacial score (nSPS) is 22.5. The molecular weight excluding hydrogens is 172 g/mol. The van der Waals surface area contributed by atoms with Crippen LogP contribution in [0.15, 0.2) is 0 Å². The van der Waals surface area contributed by atoms with E-state index in [0.29, 0.717) is 0 Å². The molecule has 0 aliphatic carbocycles. The molecule has 1 fully saturated rings. The number of nitrogens with two attached hydrogens (primary N) is 1. The minimum atomic E-state index is 0.786. The van der Waals surface area contributed by atoms with Gasteiger partial charge in [0.2, 0.25) is 0 Å². The molecule has 1 aliphatic rings. The Morgan fingerprint density at radius 1 is 1.36 bits per heavy atom. The van der Waals surface area contributed by atoms with Crippen molar-refractivity contribution in [3.05, 3.63) is 0 Å². The second-order valence-corrected chi connectivity index (χ2v) is 4.71. The van der Waals surface area contributed by atoms with E-state index in [1.54, 1.807) is 0 Å². The Hall–Kier alpha value is -0.0800. The lowest BCUT2D eigenvalue weighted by Gasteiger charge is -2.35. The third-order valence-corrected chi connectivity index (χ3v) is 3.58. The van der Waals surface area contributed by atoms with Crippen molar-refractivity contribution in [3.8, 4) is 0 Å². The highest BCUT2D eigenvalue weighted by Crippen LogP contribution is 2.19. The van der Waals surface area contributed by atoms with Crippen LogP contribution >= 0.6 is 0 Å². The minimum Gasteiger partial charge on any atom is -0.330 e. The molecule has 1 atom stereocenters. The molecule has 0 amide bonds. The molecule has 1 unspecified atom stereocenters. The second-order valence-electron chi connectivity index (χ2n) is 4.71. The first-order valence-corrected chi connectivity index (χ1v) is 6.22. The fourth-order valence-corrected chi connectivity index (χ4v) is 2.31. The summed E-state index contributed by atoms with van der Waals surface area (Å²) < 4.78 is 0. The van der Waals surface area contributed by atoms with Crippen LogP contribution < -0.4 is 5.73 Å². The fourth-order valence-electron chi connectivity index (χ4n) is 2.31. The topological polar surface area (TPSA) is 29.3 Å². The van der Waals surface area contributed by atoms with Gasteiger partial charge in [-0.1, -0.05) is 19.8 Å². The molecule has 0 aromatic heterocycles. The van der Waals surface area contributed by atoms with Crippen molar-refractivity contribution >= 4 is 0 Å². The van der Waals surface area contributed by atoms with Gasteiger partial charge in [-0.05, 0) is 51.7 Å². The van der Waals surface area contributed by atoms with Crippen LogP contribution in [0.5, 0.6) is 0 Å². The fraction of sp³-hybridized carbons (Fsp3) is 1.00. The van der Waals surface area contributed by atoms with Crippen LogP contribution in [0.25, 0.3) is 0 Å². The number of unbranched alkanes of at least 4 members (excludes halogenated alkanes) is 1. The highest BCUT2D eigenvalue weighted by molar-refractivity contribution is 4.76. The first kappa shape index (κ1) is 12.0. The van der Waals surface area contributed by atoms with E-state index in [2.05, 4.69) is 18.7 Å². The Morgan fingerprint density at radius 2 is 2.00 bits per heavy atom. The van der Waals surface area contributed by atoms with Gasteiger partial charge < -0.3 is 10.6 Å². The van der Waals surface area contributed by atoms with Gasteiger partial charge in [-0.25, -0.2) is 0 Å². The lowest BCUT2D eigenvalue weighted by molar-refractivity contribution is 0.136. The van der Waals surface area contributed by atoms with Gasteiger partial charge in [0.05, 0.1) is 0 Å². The van der Waals surface area contributed by atoms with E-state index in [9.17, 15) is 0 Å². The van der Waals surface area contributed by atoms with E-state index in [1.165, 1.54) is 45.2 Å². The van der Waals surface area contributed by atoms with Crippen LogP contribution in [0.1, 0.15) is 46.0 Å². The lowest BCUT2D eigenvalue weighted by Crippen LogP contribution is -2.41. The summed E-state index contributed by atoms with van der Waals surface area (Å²) in [4.78, 5) is 2.64. The summed E-state index contributed by atoms with van der Waals surface area (Å²) >= 11 is 0. The Balaban J connectivity index is 2.19.